The van der Waals surface area contributed by atoms with Gasteiger partial charge in [0.1, 0.15) is 17.4 Å². The molecule has 0 atom stereocenters. The number of nitrogens with one attached hydrogen (secondary N) is 1. The van der Waals surface area contributed by atoms with Crippen LogP contribution in [0.1, 0.15) is 15.9 Å². The Bertz CT molecular complexity index is 662. The summed E-state index contributed by atoms with van der Waals surface area (Å²) in [7, 11) is 0. The molecule has 3 nitrogen and oxygen atoms in total. The Morgan fingerprint density at radius 2 is 1.95 bits per heavy atom. The molecule has 2 rings (SSSR count). The maximum atomic E-state index is 13.4. The second-order valence-electron chi connectivity index (χ2n) is 4.08. The summed E-state index contributed by atoms with van der Waals surface area (Å²) in [5, 5.41) is 11.9. The van der Waals surface area contributed by atoms with E-state index in [-0.39, 0.29) is 28.4 Å². The largest absolute Gasteiger partial charge is 0.508 e. The molecule has 0 radical (unpaired) electrons. The molecule has 6 heteroatoms. The molecule has 2 N–H and O–H groups in total. The van der Waals surface area contributed by atoms with E-state index >= 15 is 0 Å². The summed E-state index contributed by atoms with van der Waals surface area (Å²) in [6.45, 7) is -0.114. The topological polar surface area (TPSA) is 49.3 Å². The number of hydrogen-bond acceptors (Lipinski definition) is 2. The predicted molar refractivity (Wildman–Crippen MR) is 70.6 cm³/mol. The number of aromatic hydroxyl groups is 1. The smallest absolute Gasteiger partial charge is 0.253 e. The molecule has 104 valence electrons. The number of hydrogen-bond donors (Lipinski definition) is 2. The molecule has 0 saturated carbocycles. The summed E-state index contributed by atoms with van der Waals surface area (Å²) in [6.07, 6.45) is 0. The third-order valence-electron chi connectivity index (χ3n) is 2.65. The van der Waals surface area contributed by atoms with Gasteiger partial charge in [-0.25, -0.2) is 8.78 Å². The van der Waals surface area contributed by atoms with E-state index < -0.39 is 17.5 Å². The van der Waals surface area contributed by atoms with E-state index in [4.69, 9.17) is 11.6 Å². The third kappa shape index (κ3) is 3.24. The van der Waals surface area contributed by atoms with Gasteiger partial charge in [0.25, 0.3) is 5.91 Å². The maximum Gasteiger partial charge on any atom is 0.253 e. The monoisotopic (exact) mass is 297 g/mol. The van der Waals surface area contributed by atoms with Gasteiger partial charge in [0, 0.05) is 18.2 Å². The normalized spacial score (nSPS) is 10.3. The molecule has 0 spiro atoms. The Hall–Kier alpha value is -2.14. The van der Waals surface area contributed by atoms with Crippen LogP contribution in [0.3, 0.4) is 0 Å². The van der Waals surface area contributed by atoms with Gasteiger partial charge in [0.15, 0.2) is 0 Å². The highest BCUT2D eigenvalue weighted by atomic mass is 35.5. The molecule has 0 aromatic heterocycles. The second kappa shape index (κ2) is 5.88. The van der Waals surface area contributed by atoms with Gasteiger partial charge in [-0.05, 0) is 24.3 Å². The van der Waals surface area contributed by atoms with Crippen LogP contribution in [0.4, 0.5) is 8.78 Å². The Balaban J connectivity index is 2.10. The van der Waals surface area contributed by atoms with Gasteiger partial charge in [-0.1, -0.05) is 17.7 Å². The first kappa shape index (κ1) is 14.3. The SMILES string of the molecule is O=C(NCc1ccc(F)cc1F)c1cc(O)ccc1Cl. The van der Waals surface area contributed by atoms with Gasteiger partial charge >= 0.3 is 0 Å². The Kier molecular flexibility index (Phi) is 4.20. The van der Waals surface area contributed by atoms with E-state index in [9.17, 15) is 18.7 Å². The van der Waals surface area contributed by atoms with E-state index in [2.05, 4.69) is 5.32 Å². The van der Waals surface area contributed by atoms with Crippen molar-refractivity contribution in [1.82, 2.24) is 5.32 Å². The molecule has 0 aliphatic heterocycles. The van der Waals surface area contributed by atoms with Crippen LogP contribution >= 0.6 is 11.6 Å². The number of rotatable bonds is 3. The van der Waals surface area contributed by atoms with Gasteiger partial charge in [0.05, 0.1) is 10.6 Å². The first-order chi connectivity index (χ1) is 9.47. The molecule has 20 heavy (non-hydrogen) atoms. The van der Waals surface area contributed by atoms with Crippen molar-refractivity contribution in [3.8, 4) is 5.75 Å². The number of benzene rings is 2. The molecule has 2 aromatic rings. The van der Waals surface area contributed by atoms with Crippen molar-refractivity contribution in [3.05, 3.63) is 64.2 Å². The average Bonchev–Trinajstić information content (AvgIpc) is 2.40. The quantitative estimate of drug-likeness (QED) is 0.913. The zero-order valence-electron chi connectivity index (χ0n) is 10.2. The van der Waals surface area contributed by atoms with Crippen LogP contribution in [0.5, 0.6) is 5.75 Å². The van der Waals surface area contributed by atoms with Crippen molar-refractivity contribution in [2.24, 2.45) is 0 Å². The van der Waals surface area contributed by atoms with E-state index in [1.807, 2.05) is 0 Å². The molecular weight excluding hydrogens is 288 g/mol. The lowest BCUT2D eigenvalue weighted by atomic mass is 10.1. The molecule has 1 amide bonds. The first-order valence-electron chi connectivity index (χ1n) is 5.68. The molecule has 0 heterocycles. The van der Waals surface area contributed by atoms with E-state index in [1.165, 1.54) is 24.3 Å². The van der Waals surface area contributed by atoms with E-state index in [0.717, 1.165) is 12.1 Å². The summed E-state index contributed by atoms with van der Waals surface area (Å²) in [6, 6.07) is 7.02. The van der Waals surface area contributed by atoms with Crippen molar-refractivity contribution < 1.29 is 18.7 Å². The van der Waals surface area contributed by atoms with E-state index in [1.54, 1.807) is 0 Å². The molecule has 0 unspecified atom stereocenters. The van der Waals surface area contributed by atoms with Crippen molar-refractivity contribution in [1.29, 1.82) is 0 Å². The van der Waals surface area contributed by atoms with Crippen molar-refractivity contribution in [2.75, 3.05) is 0 Å². The maximum absolute atomic E-state index is 13.4. The van der Waals surface area contributed by atoms with Gasteiger partial charge < -0.3 is 10.4 Å². The number of halogens is 3. The lowest BCUT2D eigenvalue weighted by Gasteiger charge is -2.08. The third-order valence-corrected chi connectivity index (χ3v) is 2.98. The number of carbonyl (C=O) groups is 1. The lowest BCUT2D eigenvalue weighted by Crippen LogP contribution is -2.23. The molecule has 2 aromatic carbocycles. The molecule has 0 aliphatic rings. The fourth-order valence-electron chi connectivity index (χ4n) is 1.62. The number of phenols is 1. The molecular formula is C14H10ClF2NO2. The van der Waals surface area contributed by atoms with Crippen molar-refractivity contribution >= 4 is 17.5 Å². The number of phenolic OH excluding ortho intramolecular Hbond substituents is 1. The number of amides is 1. The summed E-state index contributed by atoms with van der Waals surface area (Å²) in [5.74, 6) is -2.09. The zero-order chi connectivity index (χ0) is 14.7. The molecule has 0 bridgehead atoms. The summed E-state index contributed by atoms with van der Waals surface area (Å²) < 4.78 is 26.1. The Morgan fingerprint density at radius 3 is 2.65 bits per heavy atom. The summed E-state index contributed by atoms with van der Waals surface area (Å²) in [4.78, 5) is 11.9. The summed E-state index contributed by atoms with van der Waals surface area (Å²) >= 11 is 5.83. The van der Waals surface area contributed by atoms with Crippen LogP contribution in [0.15, 0.2) is 36.4 Å². The van der Waals surface area contributed by atoms with Crippen molar-refractivity contribution in [3.63, 3.8) is 0 Å². The highest BCUT2D eigenvalue weighted by Gasteiger charge is 2.12. The Labute approximate surface area is 118 Å². The van der Waals surface area contributed by atoms with Crippen LogP contribution in [0.2, 0.25) is 5.02 Å². The highest BCUT2D eigenvalue weighted by Crippen LogP contribution is 2.21. The fourth-order valence-corrected chi connectivity index (χ4v) is 1.83. The summed E-state index contributed by atoms with van der Waals surface area (Å²) in [5.41, 5.74) is 0.227. The minimum atomic E-state index is -0.743. The zero-order valence-corrected chi connectivity index (χ0v) is 10.9. The minimum Gasteiger partial charge on any atom is -0.508 e. The number of carbonyl (C=O) groups excluding carboxylic acids is 1. The highest BCUT2D eigenvalue weighted by molar-refractivity contribution is 6.33. The fraction of sp³-hybridized carbons (Fsp3) is 0.0714. The first-order valence-corrected chi connectivity index (χ1v) is 6.06. The van der Waals surface area contributed by atoms with Crippen LogP contribution in [0, 0.1) is 11.6 Å². The van der Waals surface area contributed by atoms with E-state index in [0.29, 0.717) is 0 Å². The van der Waals surface area contributed by atoms with Crippen molar-refractivity contribution in [2.45, 2.75) is 6.54 Å². The lowest BCUT2D eigenvalue weighted by molar-refractivity contribution is 0.0950. The van der Waals surface area contributed by atoms with Crippen LogP contribution in [0.25, 0.3) is 0 Å². The molecule has 0 saturated heterocycles. The average molecular weight is 298 g/mol. The van der Waals surface area contributed by atoms with Crippen LogP contribution < -0.4 is 5.32 Å². The Morgan fingerprint density at radius 1 is 1.20 bits per heavy atom. The van der Waals surface area contributed by atoms with Crippen LogP contribution in [-0.4, -0.2) is 11.0 Å². The minimum absolute atomic E-state index is 0.0780. The van der Waals surface area contributed by atoms with Gasteiger partial charge in [-0.15, -0.1) is 0 Å². The van der Waals surface area contributed by atoms with Crippen LogP contribution in [-0.2, 0) is 6.54 Å². The standard InChI is InChI=1S/C14H10ClF2NO2/c15-12-4-3-10(19)6-11(12)14(20)18-7-8-1-2-9(16)5-13(8)17/h1-6,19H,7H2,(H,18,20). The predicted octanol–water partition coefficient (Wildman–Crippen LogP) is 3.25. The second-order valence-corrected chi connectivity index (χ2v) is 4.49. The van der Waals surface area contributed by atoms with Gasteiger partial charge in [0.2, 0.25) is 0 Å². The molecule has 0 fully saturated rings. The van der Waals surface area contributed by atoms with Gasteiger partial charge in [-0.3, -0.25) is 4.79 Å². The van der Waals surface area contributed by atoms with Gasteiger partial charge in [-0.2, -0.15) is 0 Å². The molecule has 0 aliphatic carbocycles.